The molecule has 0 unspecified atom stereocenters. The van der Waals surface area contributed by atoms with E-state index in [1.54, 1.807) is 18.3 Å². The van der Waals surface area contributed by atoms with Gasteiger partial charge in [0.2, 0.25) is 0 Å². The number of carbonyl (C=O) groups is 1. The molecule has 0 saturated heterocycles. The van der Waals surface area contributed by atoms with Crippen LogP contribution in [0, 0.1) is 0 Å². The highest BCUT2D eigenvalue weighted by molar-refractivity contribution is 5.88. The standard InChI is InChI=1S/C24H23N3O3/c28-23(19-8-5-12-25-14-19)24(29)26-13-11-18-15-27-22-20(18)9-4-10-21(22)30-16-17-6-2-1-3-7-17/h1-10,12,14-15,23,27-28H,11,13,16H2,(H,26,29)/t23-/m1/s1. The summed E-state index contributed by atoms with van der Waals surface area (Å²) >= 11 is 0. The molecule has 2 heterocycles. The molecule has 30 heavy (non-hydrogen) atoms. The van der Waals surface area contributed by atoms with E-state index in [1.807, 2.05) is 54.7 Å². The fraction of sp³-hybridized carbons (Fsp3) is 0.167. The molecule has 1 atom stereocenters. The maximum absolute atomic E-state index is 12.2. The number of amides is 1. The lowest BCUT2D eigenvalue weighted by molar-refractivity contribution is -0.129. The molecule has 0 aliphatic rings. The lowest BCUT2D eigenvalue weighted by atomic mass is 10.1. The van der Waals surface area contributed by atoms with Crippen LogP contribution < -0.4 is 10.1 Å². The van der Waals surface area contributed by atoms with Gasteiger partial charge in [-0.15, -0.1) is 0 Å². The van der Waals surface area contributed by atoms with Crippen molar-refractivity contribution in [1.29, 1.82) is 0 Å². The number of ether oxygens (including phenoxy) is 1. The summed E-state index contributed by atoms with van der Waals surface area (Å²) in [5.41, 5.74) is 3.59. The first kappa shape index (κ1) is 19.7. The largest absolute Gasteiger partial charge is 0.487 e. The minimum absolute atomic E-state index is 0.415. The Balaban J connectivity index is 1.37. The van der Waals surface area contributed by atoms with E-state index in [0.717, 1.165) is 27.8 Å². The van der Waals surface area contributed by atoms with Gasteiger partial charge >= 0.3 is 0 Å². The molecule has 0 saturated carbocycles. The van der Waals surface area contributed by atoms with Gasteiger partial charge in [-0.05, 0) is 29.7 Å². The molecule has 2 aromatic carbocycles. The Bertz CT molecular complexity index is 1110. The molecule has 152 valence electrons. The van der Waals surface area contributed by atoms with Crippen molar-refractivity contribution in [2.75, 3.05) is 6.54 Å². The Morgan fingerprint density at radius 1 is 1.10 bits per heavy atom. The lowest BCUT2D eigenvalue weighted by Crippen LogP contribution is -2.31. The molecule has 0 radical (unpaired) electrons. The van der Waals surface area contributed by atoms with E-state index in [0.29, 0.717) is 25.1 Å². The van der Waals surface area contributed by atoms with Crippen molar-refractivity contribution in [2.24, 2.45) is 0 Å². The predicted octanol–water partition coefficient (Wildman–Crippen LogP) is 3.53. The molecule has 0 bridgehead atoms. The maximum Gasteiger partial charge on any atom is 0.253 e. The lowest BCUT2D eigenvalue weighted by Gasteiger charge is -2.11. The number of para-hydroxylation sites is 1. The number of pyridine rings is 1. The topological polar surface area (TPSA) is 87.2 Å². The molecule has 0 fully saturated rings. The monoisotopic (exact) mass is 401 g/mol. The van der Waals surface area contributed by atoms with Crippen LogP contribution in [0.5, 0.6) is 5.75 Å². The maximum atomic E-state index is 12.2. The third-order valence-electron chi connectivity index (χ3n) is 4.94. The van der Waals surface area contributed by atoms with Crippen molar-refractivity contribution in [3.8, 4) is 5.75 Å². The zero-order valence-electron chi connectivity index (χ0n) is 16.4. The number of H-pyrrole nitrogens is 1. The summed E-state index contributed by atoms with van der Waals surface area (Å²) in [4.78, 5) is 19.4. The Hall–Kier alpha value is -3.64. The molecule has 1 amide bonds. The van der Waals surface area contributed by atoms with Crippen LogP contribution in [0.4, 0.5) is 0 Å². The number of nitrogens with zero attached hydrogens (tertiary/aromatic N) is 1. The van der Waals surface area contributed by atoms with Gasteiger partial charge in [-0.2, -0.15) is 0 Å². The fourth-order valence-electron chi connectivity index (χ4n) is 3.35. The van der Waals surface area contributed by atoms with Crippen LogP contribution in [0.2, 0.25) is 0 Å². The smallest absolute Gasteiger partial charge is 0.253 e. The molecule has 0 aliphatic carbocycles. The highest BCUT2D eigenvalue weighted by atomic mass is 16.5. The average Bonchev–Trinajstić information content (AvgIpc) is 3.22. The second-order valence-electron chi connectivity index (χ2n) is 7.00. The van der Waals surface area contributed by atoms with Crippen molar-refractivity contribution >= 4 is 16.8 Å². The van der Waals surface area contributed by atoms with Gasteiger partial charge in [0, 0.05) is 36.1 Å². The molecule has 0 spiro atoms. The van der Waals surface area contributed by atoms with E-state index in [4.69, 9.17) is 4.74 Å². The van der Waals surface area contributed by atoms with Crippen LogP contribution in [-0.2, 0) is 17.8 Å². The molecule has 4 rings (SSSR count). The third-order valence-corrected chi connectivity index (χ3v) is 4.94. The first-order valence-electron chi connectivity index (χ1n) is 9.84. The van der Waals surface area contributed by atoms with E-state index >= 15 is 0 Å². The molecule has 2 aromatic heterocycles. The predicted molar refractivity (Wildman–Crippen MR) is 115 cm³/mol. The van der Waals surface area contributed by atoms with Crippen LogP contribution in [0.15, 0.2) is 79.3 Å². The van der Waals surface area contributed by atoms with E-state index in [9.17, 15) is 9.90 Å². The van der Waals surface area contributed by atoms with Crippen molar-refractivity contribution in [1.82, 2.24) is 15.3 Å². The second-order valence-corrected chi connectivity index (χ2v) is 7.00. The van der Waals surface area contributed by atoms with Crippen molar-refractivity contribution in [2.45, 2.75) is 19.1 Å². The minimum Gasteiger partial charge on any atom is -0.487 e. The number of carbonyl (C=O) groups excluding carboxylic acids is 1. The Labute approximate surface area is 174 Å². The quantitative estimate of drug-likeness (QED) is 0.421. The average molecular weight is 401 g/mol. The molecular weight excluding hydrogens is 378 g/mol. The molecular formula is C24H23N3O3. The van der Waals surface area contributed by atoms with E-state index < -0.39 is 12.0 Å². The number of benzene rings is 2. The van der Waals surface area contributed by atoms with Crippen molar-refractivity contribution < 1.29 is 14.6 Å². The van der Waals surface area contributed by atoms with Gasteiger partial charge in [-0.1, -0.05) is 48.5 Å². The number of nitrogens with one attached hydrogen (secondary N) is 2. The van der Waals surface area contributed by atoms with Gasteiger partial charge in [0.1, 0.15) is 12.4 Å². The Morgan fingerprint density at radius 2 is 1.97 bits per heavy atom. The number of fused-ring (bicyclic) bond motifs is 1. The molecule has 6 heteroatoms. The number of aromatic nitrogens is 2. The number of rotatable bonds is 8. The summed E-state index contributed by atoms with van der Waals surface area (Å²) in [6, 6.07) is 19.3. The SMILES string of the molecule is O=C(NCCc1c[nH]c2c(OCc3ccccc3)cccc12)[C@H](O)c1cccnc1. The van der Waals surface area contributed by atoms with Gasteiger partial charge in [0.05, 0.1) is 5.52 Å². The van der Waals surface area contributed by atoms with Crippen LogP contribution in [-0.4, -0.2) is 27.5 Å². The highest BCUT2D eigenvalue weighted by Crippen LogP contribution is 2.28. The summed E-state index contributed by atoms with van der Waals surface area (Å²) in [7, 11) is 0. The Kier molecular flexibility index (Phi) is 6.06. The molecule has 3 N–H and O–H groups in total. The third kappa shape index (κ3) is 4.50. The summed E-state index contributed by atoms with van der Waals surface area (Å²) in [6.45, 7) is 0.912. The van der Waals surface area contributed by atoms with Gasteiger partial charge in [-0.3, -0.25) is 9.78 Å². The highest BCUT2D eigenvalue weighted by Gasteiger charge is 2.17. The van der Waals surface area contributed by atoms with Crippen molar-refractivity contribution in [3.05, 3.63) is 95.9 Å². The number of hydrogen-bond donors (Lipinski definition) is 3. The first-order valence-corrected chi connectivity index (χ1v) is 9.84. The van der Waals surface area contributed by atoms with E-state index in [1.165, 1.54) is 6.20 Å². The summed E-state index contributed by atoms with van der Waals surface area (Å²) in [5, 5.41) is 14.0. The van der Waals surface area contributed by atoms with Crippen LogP contribution in [0.25, 0.3) is 10.9 Å². The number of aliphatic hydroxyl groups is 1. The molecule has 4 aromatic rings. The second kappa shape index (κ2) is 9.24. The van der Waals surface area contributed by atoms with Gasteiger partial charge in [0.15, 0.2) is 6.10 Å². The van der Waals surface area contributed by atoms with Crippen LogP contribution in [0.1, 0.15) is 22.8 Å². The molecule has 6 nitrogen and oxygen atoms in total. The van der Waals surface area contributed by atoms with E-state index in [2.05, 4.69) is 15.3 Å². The number of aromatic amines is 1. The summed E-state index contributed by atoms with van der Waals surface area (Å²) < 4.78 is 6.00. The van der Waals surface area contributed by atoms with Gasteiger partial charge < -0.3 is 20.1 Å². The Morgan fingerprint density at radius 3 is 2.77 bits per heavy atom. The number of aliphatic hydroxyl groups excluding tert-OH is 1. The van der Waals surface area contributed by atoms with Crippen LogP contribution >= 0.6 is 0 Å². The summed E-state index contributed by atoms with van der Waals surface area (Å²) in [5.74, 6) is 0.355. The minimum atomic E-state index is -1.22. The molecule has 0 aliphatic heterocycles. The van der Waals surface area contributed by atoms with Gasteiger partial charge in [-0.25, -0.2) is 0 Å². The number of hydrogen-bond acceptors (Lipinski definition) is 4. The van der Waals surface area contributed by atoms with Gasteiger partial charge in [0.25, 0.3) is 5.91 Å². The fourth-order valence-corrected chi connectivity index (χ4v) is 3.35. The first-order chi connectivity index (χ1) is 14.7. The normalized spacial score (nSPS) is 11.9. The van der Waals surface area contributed by atoms with E-state index in [-0.39, 0.29) is 0 Å². The zero-order valence-corrected chi connectivity index (χ0v) is 16.4. The zero-order chi connectivity index (χ0) is 20.8. The van der Waals surface area contributed by atoms with Crippen LogP contribution in [0.3, 0.4) is 0 Å². The summed E-state index contributed by atoms with van der Waals surface area (Å²) in [6.07, 6.45) is 4.43. The van der Waals surface area contributed by atoms with Crippen molar-refractivity contribution in [3.63, 3.8) is 0 Å².